The second-order valence-electron chi connectivity index (χ2n) is 4.93. The van der Waals surface area contributed by atoms with Crippen molar-refractivity contribution in [1.82, 2.24) is 10.6 Å². The first-order chi connectivity index (χ1) is 7.45. The van der Waals surface area contributed by atoms with Crippen LogP contribution in [0.1, 0.15) is 25.7 Å². The zero-order valence-corrected chi connectivity index (χ0v) is 9.63. The summed E-state index contributed by atoms with van der Waals surface area (Å²) in [7, 11) is 0. The Morgan fingerprint density at radius 1 is 1.27 bits per heavy atom. The van der Waals surface area contributed by atoms with Crippen LogP contribution < -0.4 is 10.6 Å². The quantitative estimate of drug-likeness (QED) is 0.645. The van der Waals surface area contributed by atoms with Gasteiger partial charge in [0.05, 0.1) is 6.61 Å². The molecule has 0 spiro atoms. The molecule has 2 N–H and O–H groups in total. The number of hydrogen-bond donors (Lipinski definition) is 2. The van der Waals surface area contributed by atoms with Crippen molar-refractivity contribution in [2.24, 2.45) is 11.8 Å². The zero-order valence-electron chi connectivity index (χ0n) is 9.63. The lowest BCUT2D eigenvalue weighted by Crippen LogP contribution is -2.24. The maximum Gasteiger partial charge on any atom is 0.0507 e. The molecule has 2 fully saturated rings. The Balaban J connectivity index is 1.41. The monoisotopic (exact) mass is 212 g/mol. The first kappa shape index (κ1) is 11.4. The molecule has 0 saturated carbocycles. The highest BCUT2D eigenvalue weighted by Gasteiger charge is 2.15. The van der Waals surface area contributed by atoms with Crippen molar-refractivity contribution in [3.63, 3.8) is 0 Å². The molecule has 0 aromatic heterocycles. The topological polar surface area (TPSA) is 33.3 Å². The molecule has 3 heteroatoms. The molecule has 2 heterocycles. The summed E-state index contributed by atoms with van der Waals surface area (Å²) in [5.74, 6) is 1.72. The number of hydrogen-bond acceptors (Lipinski definition) is 3. The lowest BCUT2D eigenvalue weighted by Gasteiger charge is -2.11. The van der Waals surface area contributed by atoms with Gasteiger partial charge in [0.2, 0.25) is 0 Å². The van der Waals surface area contributed by atoms with Crippen molar-refractivity contribution in [1.29, 1.82) is 0 Å². The Hall–Kier alpha value is -0.120. The molecule has 2 atom stereocenters. The molecule has 2 saturated heterocycles. The van der Waals surface area contributed by atoms with Gasteiger partial charge in [-0.1, -0.05) is 0 Å². The van der Waals surface area contributed by atoms with Gasteiger partial charge < -0.3 is 15.4 Å². The number of ether oxygens (including phenoxy) is 1. The Morgan fingerprint density at radius 3 is 3.00 bits per heavy atom. The summed E-state index contributed by atoms with van der Waals surface area (Å²) in [6.45, 7) is 6.77. The van der Waals surface area contributed by atoms with Gasteiger partial charge in [-0.3, -0.25) is 0 Å². The molecule has 2 rings (SSSR count). The van der Waals surface area contributed by atoms with E-state index < -0.39 is 0 Å². The minimum Gasteiger partial charge on any atom is -0.381 e. The van der Waals surface area contributed by atoms with Crippen LogP contribution in [0.4, 0.5) is 0 Å². The van der Waals surface area contributed by atoms with Crippen LogP contribution in [0, 0.1) is 11.8 Å². The fraction of sp³-hybridized carbons (Fsp3) is 1.00. The standard InChI is InChI=1S/C12H24N2O/c1(2-11-3-6-14-8-11)5-13-9-12-4-7-15-10-12/h11-14H,1-10H2. The minimum atomic E-state index is 0.776. The van der Waals surface area contributed by atoms with Gasteiger partial charge in [-0.25, -0.2) is 0 Å². The van der Waals surface area contributed by atoms with Gasteiger partial charge in [0.1, 0.15) is 0 Å². The van der Waals surface area contributed by atoms with Crippen LogP contribution in [-0.4, -0.2) is 39.4 Å². The lowest BCUT2D eigenvalue weighted by molar-refractivity contribution is 0.185. The molecule has 0 aromatic carbocycles. The SMILES string of the molecule is C(CNCC1CCOC1)CC1CCNC1. The van der Waals surface area contributed by atoms with Crippen molar-refractivity contribution in [2.45, 2.75) is 25.7 Å². The summed E-state index contributed by atoms with van der Waals surface area (Å²) in [5, 5.41) is 6.97. The van der Waals surface area contributed by atoms with E-state index >= 15 is 0 Å². The molecule has 0 aliphatic carbocycles. The van der Waals surface area contributed by atoms with Crippen LogP contribution in [-0.2, 0) is 4.74 Å². The zero-order chi connectivity index (χ0) is 10.3. The van der Waals surface area contributed by atoms with Crippen molar-refractivity contribution >= 4 is 0 Å². The number of rotatable bonds is 6. The first-order valence-corrected chi connectivity index (χ1v) is 6.44. The molecule has 0 amide bonds. The molecule has 15 heavy (non-hydrogen) atoms. The fourth-order valence-corrected chi connectivity index (χ4v) is 2.53. The Labute approximate surface area is 93.0 Å². The molecule has 0 radical (unpaired) electrons. The molecule has 0 bridgehead atoms. The fourth-order valence-electron chi connectivity index (χ4n) is 2.53. The predicted molar refractivity (Wildman–Crippen MR) is 62.0 cm³/mol. The number of nitrogens with one attached hydrogen (secondary N) is 2. The minimum absolute atomic E-state index is 0.776. The van der Waals surface area contributed by atoms with Gasteiger partial charge in [-0.15, -0.1) is 0 Å². The highest BCUT2D eigenvalue weighted by atomic mass is 16.5. The van der Waals surface area contributed by atoms with E-state index in [9.17, 15) is 0 Å². The largest absolute Gasteiger partial charge is 0.381 e. The van der Waals surface area contributed by atoms with Crippen LogP contribution in [0.5, 0.6) is 0 Å². The van der Waals surface area contributed by atoms with Crippen LogP contribution >= 0.6 is 0 Å². The van der Waals surface area contributed by atoms with Crippen LogP contribution in [0.2, 0.25) is 0 Å². The Bertz CT molecular complexity index is 145. The normalized spacial score (nSPS) is 31.2. The van der Waals surface area contributed by atoms with Gasteiger partial charge in [-0.05, 0) is 57.2 Å². The van der Waals surface area contributed by atoms with Gasteiger partial charge in [0.15, 0.2) is 0 Å². The first-order valence-electron chi connectivity index (χ1n) is 6.44. The third kappa shape index (κ3) is 4.09. The van der Waals surface area contributed by atoms with E-state index in [1.165, 1.54) is 45.3 Å². The van der Waals surface area contributed by atoms with E-state index in [1.807, 2.05) is 0 Å². The van der Waals surface area contributed by atoms with E-state index in [2.05, 4.69) is 10.6 Å². The van der Waals surface area contributed by atoms with Crippen molar-refractivity contribution in [2.75, 3.05) is 39.4 Å². The highest BCUT2D eigenvalue weighted by Crippen LogP contribution is 2.14. The third-order valence-electron chi connectivity index (χ3n) is 3.59. The predicted octanol–water partition coefficient (Wildman–Crippen LogP) is 1.00. The summed E-state index contributed by atoms with van der Waals surface area (Å²) in [4.78, 5) is 0. The average molecular weight is 212 g/mol. The molecular formula is C12H24N2O. The highest BCUT2D eigenvalue weighted by molar-refractivity contribution is 4.71. The summed E-state index contributed by atoms with van der Waals surface area (Å²) in [5.41, 5.74) is 0. The van der Waals surface area contributed by atoms with Gasteiger partial charge in [-0.2, -0.15) is 0 Å². The second-order valence-corrected chi connectivity index (χ2v) is 4.93. The van der Waals surface area contributed by atoms with E-state index in [1.54, 1.807) is 0 Å². The van der Waals surface area contributed by atoms with E-state index in [4.69, 9.17) is 4.74 Å². The summed E-state index contributed by atoms with van der Waals surface area (Å²) >= 11 is 0. The maximum atomic E-state index is 5.35. The molecular weight excluding hydrogens is 188 g/mol. The van der Waals surface area contributed by atoms with Crippen molar-refractivity contribution < 1.29 is 4.74 Å². The van der Waals surface area contributed by atoms with Gasteiger partial charge in [0, 0.05) is 13.2 Å². The van der Waals surface area contributed by atoms with Crippen LogP contribution in [0.3, 0.4) is 0 Å². The molecule has 0 aromatic rings. The van der Waals surface area contributed by atoms with Gasteiger partial charge >= 0.3 is 0 Å². The molecule has 88 valence electrons. The van der Waals surface area contributed by atoms with E-state index in [-0.39, 0.29) is 0 Å². The maximum absolute atomic E-state index is 5.35. The molecule has 2 aliphatic heterocycles. The van der Waals surface area contributed by atoms with Crippen LogP contribution in [0.15, 0.2) is 0 Å². The summed E-state index contributed by atoms with van der Waals surface area (Å²) in [6, 6.07) is 0. The second kappa shape index (κ2) is 6.46. The Kier molecular flexibility index (Phi) is 4.90. The molecule has 2 unspecified atom stereocenters. The lowest BCUT2D eigenvalue weighted by atomic mass is 10.0. The van der Waals surface area contributed by atoms with Crippen molar-refractivity contribution in [3.8, 4) is 0 Å². The molecule has 2 aliphatic rings. The van der Waals surface area contributed by atoms with E-state index in [0.29, 0.717) is 0 Å². The van der Waals surface area contributed by atoms with E-state index in [0.717, 1.165) is 31.6 Å². The molecule has 3 nitrogen and oxygen atoms in total. The Morgan fingerprint density at radius 2 is 2.27 bits per heavy atom. The summed E-state index contributed by atoms with van der Waals surface area (Å²) < 4.78 is 5.35. The van der Waals surface area contributed by atoms with Crippen LogP contribution in [0.25, 0.3) is 0 Å². The smallest absolute Gasteiger partial charge is 0.0507 e. The summed E-state index contributed by atoms with van der Waals surface area (Å²) in [6.07, 6.45) is 5.36. The van der Waals surface area contributed by atoms with Gasteiger partial charge in [0.25, 0.3) is 0 Å². The third-order valence-corrected chi connectivity index (χ3v) is 3.59. The van der Waals surface area contributed by atoms with Crippen molar-refractivity contribution in [3.05, 3.63) is 0 Å². The average Bonchev–Trinajstić information content (AvgIpc) is 2.88.